The van der Waals surface area contributed by atoms with Gasteiger partial charge in [0.25, 0.3) is 11.1 Å². The number of aromatic nitrogens is 2. The molecule has 8 nitrogen and oxygen atoms in total. The third-order valence-corrected chi connectivity index (χ3v) is 4.93. The third-order valence-electron chi connectivity index (χ3n) is 4.00. The van der Waals surface area contributed by atoms with Gasteiger partial charge in [-0.15, -0.1) is 10.2 Å². The van der Waals surface area contributed by atoms with Crippen LogP contribution in [0.5, 0.6) is 11.5 Å². The molecule has 148 valence electrons. The van der Waals surface area contributed by atoms with Crippen molar-refractivity contribution in [2.24, 2.45) is 0 Å². The first kappa shape index (κ1) is 20.2. The molecule has 0 bridgehead atoms. The molecule has 0 radical (unpaired) electrons. The number of anilines is 1. The van der Waals surface area contributed by atoms with Crippen LogP contribution in [-0.4, -0.2) is 35.6 Å². The van der Waals surface area contributed by atoms with Gasteiger partial charge in [0.05, 0.1) is 36.3 Å². The number of para-hydroxylation sites is 1. The number of hydrogen-bond acceptors (Lipinski definition) is 8. The fourth-order valence-corrected chi connectivity index (χ4v) is 3.15. The summed E-state index contributed by atoms with van der Waals surface area (Å²) in [7, 11) is 3.10. The molecule has 0 aliphatic rings. The first-order valence-corrected chi connectivity index (χ1v) is 9.46. The summed E-state index contributed by atoms with van der Waals surface area (Å²) in [5, 5.41) is 19.6. The highest BCUT2D eigenvalue weighted by Crippen LogP contribution is 2.34. The fraction of sp³-hybridized carbons (Fsp3) is 0.200. The number of methoxy groups -OCH3 is 2. The molecule has 1 amide bonds. The molecule has 0 aliphatic heterocycles. The minimum Gasteiger partial charge on any atom is -0.497 e. The highest BCUT2D eigenvalue weighted by Gasteiger charge is 2.21. The van der Waals surface area contributed by atoms with Crippen molar-refractivity contribution in [1.29, 1.82) is 5.26 Å². The van der Waals surface area contributed by atoms with Crippen molar-refractivity contribution < 1.29 is 18.7 Å². The number of thioether (sulfide) groups is 1. The Morgan fingerprint density at radius 3 is 2.72 bits per heavy atom. The van der Waals surface area contributed by atoms with Gasteiger partial charge in [-0.2, -0.15) is 5.26 Å². The minimum atomic E-state index is -0.521. The van der Waals surface area contributed by atoms with Gasteiger partial charge in [0.2, 0.25) is 5.91 Å². The van der Waals surface area contributed by atoms with Gasteiger partial charge in [-0.1, -0.05) is 23.9 Å². The summed E-state index contributed by atoms with van der Waals surface area (Å²) in [6, 6.07) is 14.1. The first-order chi connectivity index (χ1) is 14.0. The standard InChI is InChI=1S/C20H18N4O4S/c1-12(18(25)22-16-7-5-4-6-13(16)11-21)29-20-24-23-19(28-20)15-9-8-14(26-2)10-17(15)27-3/h4-10,12H,1-3H3,(H,22,25)/t12-/m1/s1. The largest absolute Gasteiger partial charge is 0.497 e. The van der Waals surface area contributed by atoms with Crippen molar-refractivity contribution in [2.45, 2.75) is 17.4 Å². The topological polar surface area (TPSA) is 110 Å². The highest BCUT2D eigenvalue weighted by molar-refractivity contribution is 8.00. The van der Waals surface area contributed by atoms with E-state index in [2.05, 4.69) is 15.5 Å². The number of carbonyl (C=O) groups excluding carboxylic acids is 1. The van der Waals surface area contributed by atoms with Gasteiger partial charge in [0, 0.05) is 6.07 Å². The van der Waals surface area contributed by atoms with Crippen molar-refractivity contribution in [3.05, 3.63) is 48.0 Å². The smallest absolute Gasteiger partial charge is 0.277 e. The van der Waals surface area contributed by atoms with E-state index in [9.17, 15) is 4.79 Å². The molecule has 0 saturated heterocycles. The third kappa shape index (κ3) is 4.67. The van der Waals surface area contributed by atoms with Crippen LogP contribution in [0.2, 0.25) is 0 Å². The molecule has 0 aliphatic carbocycles. The summed E-state index contributed by atoms with van der Waals surface area (Å²) in [4.78, 5) is 12.5. The predicted octanol–water partition coefficient (Wildman–Crippen LogP) is 3.74. The van der Waals surface area contributed by atoms with Crippen LogP contribution in [0.3, 0.4) is 0 Å². The normalized spacial score (nSPS) is 11.4. The molecular formula is C20H18N4O4S. The lowest BCUT2D eigenvalue weighted by Gasteiger charge is -2.10. The van der Waals surface area contributed by atoms with Crippen LogP contribution in [0.4, 0.5) is 5.69 Å². The van der Waals surface area contributed by atoms with Crippen LogP contribution in [0, 0.1) is 11.3 Å². The average Bonchev–Trinajstić information content (AvgIpc) is 3.21. The van der Waals surface area contributed by atoms with Crippen LogP contribution in [0.15, 0.2) is 52.1 Å². The zero-order chi connectivity index (χ0) is 20.8. The first-order valence-electron chi connectivity index (χ1n) is 8.58. The van der Waals surface area contributed by atoms with E-state index in [4.69, 9.17) is 19.2 Å². The summed E-state index contributed by atoms with van der Waals surface area (Å²) in [5.74, 6) is 1.17. The number of nitriles is 1. The zero-order valence-corrected chi connectivity index (χ0v) is 16.8. The number of nitrogens with zero attached hydrogens (tertiary/aromatic N) is 3. The van der Waals surface area contributed by atoms with E-state index in [0.29, 0.717) is 28.3 Å². The van der Waals surface area contributed by atoms with Crippen LogP contribution in [-0.2, 0) is 4.79 Å². The Morgan fingerprint density at radius 2 is 2.00 bits per heavy atom. The van der Waals surface area contributed by atoms with Crippen LogP contribution in [0.1, 0.15) is 12.5 Å². The van der Waals surface area contributed by atoms with E-state index in [0.717, 1.165) is 11.8 Å². The minimum absolute atomic E-state index is 0.245. The maximum atomic E-state index is 12.5. The second-order valence-electron chi connectivity index (χ2n) is 5.85. The number of amides is 1. The Labute approximate surface area is 171 Å². The number of hydrogen-bond donors (Lipinski definition) is 1. The van der Waals surface area contributed by atoms with E-state index in [1.54, 1.807) is 56.5 Å². The molecule has 9 heteroatoms. The van der Waals surface area contributed by atoms with E-state index in [-0.39, 0.29) is 17.0 Å². The summed E-state index contributed by atoms with van der Waals surface area (Å²) in [6.45, 7) is 1.72. The molecule has 1 heterocycles. The van der Waals surface area contributed by atoms with Gasteiger partial charge in [-0.3, -0.25) is 4.79 Å². The molecule has 3 aromatic rings. The highest BCUT2D eigenvalue weighted by atomic mass is 32.2. The van der Waals surface area contributed by atoms with Gasteiger partial charge < -0.3 is 19.2 Å². The number of nitrogens with one attached hydrogen (secondary N) is 1. The van der Waals surface area contributed by atoms with Crippen LogP contribution < -0.4 is 14.8 Å². The molecule has 1 atom stereocenters. The van der Waals surface area contributed by atoms with E-state index >= 15 is 0 Å². The number of ether oxygens (including phenoxy) is 2. The molecular weight excluding hydrogens is 392 g/mol. The van der Waals surface area contributed by atoms with Crippen molar-refractivity contribution in [1.82, 2.24) is 10.2 Å². The predicted molar refractivity (Wildman–Crippen MR) is 108 cm³/mol. The monoisotopic (exact) mass is 410 g/mol. The fourth-order valence-electron chi connectivity index (χ4n) is 2.47. The van der Waals surface area contributed by atoms with E-state index in [1.807, 2.05) is 6.07 Å². The lowest BCUT2D eigenvalue weighted by Crippen LogP contribution is -2.22. The van der Waals surface area contributed by atoms with E-state index < -0.39 is 5.25 Å². The number of benzene rings is 2. The Bertz CT molecular complexity index is 1060. The van der Waals surface area contributed by atoms with Gasteiger partial charge in [0.15, 0.2) is 0 Å². The Hall–Kier alpha value is -3.51. The van der Waals surface area contributed by atoms with Crippen LogP contribution >= 0.6 is 11.8 Å². The number of carbonyl (C=O) groups is 1. The molecule has 29 heavy (non-hydrogen) atoms. The second kappa shape index (κ2) is 9.12. The maximum Gasteiger partial charge on any atom is 0.277 e. The van der Waals surface area contributed by atoms with Crippen molar-refractivity contribution >= 4 is 23.4 Å². The molecule has 2 aromatic carbocycles. The molecule has 1 N–H and O–H groups in total. The Balaban J connectivity index is 1.71. The van der Waals surface area contributed by atoms with Crippen molar-refractivity contribution in [2.75, 3.05) is 19.5 Å². The number of rotatable bonds is 7. The lowest BCUT2D eigenvalue weighted by atomic mass is 10.2. The quantitative estimate of drug-likeness (QED) is 0.587. The van der Waals surface area contributed by atoms with Gasteiger partial charge in [-0.05, 0) is 31.2 Å². The molecule has 0 spiro atoms. The van der Waals surface area contributed by atoms with Crippen molar-refractivity contribution in [3.8, 4) is 29.0 Å². The maximum absolute atomic E-state index is 12.5. The van der Waals surface area contributed by atoms with Crippen LogP contribution in [0.25, 0.3) is 11.5 Å². The zero-order valence-electron chi connectivity index (χ0n) is 16.0. The molecule has 0 fully saturated rings. The van der Waals surface area contributed by atoms with Gasteiger partial charge in [-0.25, -0.2) is 0 Å². The van der Waals surface area contributed by atoms with Gasteiger partial charge >= 0.3 is 0 Å². The summed E-state index contributed by atoms with van der Waals surface area (Å²) in [6.07, 6.45) is 0. The van der Waals surface area contributed by atoms with Crippen molar-refractivity contribution in [3.63, 3.8) is 0 Å². The summed E-state index contributed by atoms with van der Waals surface area (Å²) < 4.78 is 16.2. The Morgan fingerprint density at radius 1 is 1.21 bits per heavy atom. The molecule has 0 saturated carbocycles. The SMILES string of the molecule is COc1ccc(-c2nnc(S[C@H](C)C(=O)Nc3ccccc3C#N)o2)c(OC)c1. The molecule has 3 rings (SSSR count). The average molecular weight is 410 g/mol. The van der Waals surface area contributed by atoms with Gasteiger partial charge in [0.1, 0.15) is 17.6 Å². The van der Waals surface area contributed by atoms with E-state index in [1.165, 1.54) is 7.11 Å². The summed E-state index contributed by atoms with van der Waals surface area (Å²) >= 11 is 1.12. The lowest BCUT2D eigenvalue weighted by molar-refractivity contribution is -0.115. The summed E-state index contributed by atoms with van der Waals surface area (Å²) in [5.41, 5.74) is 1.47. The molecule has 1 aromatic heterocycles. The molecule has 0 unspecified atom stereocenters. The second-order valence-corrected chi connectivity index (χ2v) is 7.14. The Kier molecular flexibility index (Phi) is 6.36.